The molecular formula is C12H16BrN. The summed E-state index contributed by atoms with van der Waals surface area (Å²) in [6, 6.07) is 4.65. The lowest BCUT2D eigenvalue weighted by atomic mass is 9.96. The maximum Gasteiger partial charge on any atom is 0.0326 e. The van der Waals surface area contributed by atoms with Gasteiger partial charge in [0.25, 0.3) is 0 Å². The third kappa shape index (κ3) is 1.86. The molecule has 1 saturated carbocycles. The van der Waals surface area contributed by atoms with E-state index in [1.165, 1.54) is 34.0 Å². The highest BCUT2D eigenvalue weighted by Crippen LogP contribution is 2.41. The SMILES string of the molecule is Cc1cc(C(N)C2CC2)c(C)cc1Br. The molecule has 1 atom stereocenters. The first kappa shape index (κ1) is 10.2. The molecule has 0 saturated heterocycles. The van der Waals surface area contributed by atoms with Gasteiger partial charge in [0.15, 0.2) is 0 Å². The van der Waals surface area contributed by atoms with E-state index in [0.717, 1.165) is 5.92 Å². The Morgan fingerprint density at radius 2 is 1.93 bits per heavy atom. The zero-order chi connectivity index (χ0) is 10.3. The van der Waals surface area contributed by atoms with E-state index in [0.29, 0.717) is 0 Å². The molecule has 14 heavy (non-hydrogen) atoms. The summed E-state index contributed by atoms with van der Waals surface area (Å²) in [7, 11) is 0. The van der Waals surface area contributed by atoms with Crippen molar-refractivity contribution in [2.75, 3.05) is 0 Å². The monoisotopic (exact) mass is 253 g/mol. The summed E-state index contributed by atoms with van der Waals surface area (Å²) in [4.78, 5) is 0. The van der Waals surface area contributed by atoms with Gasteiger partial charge < -0.3 is 5.73 Å². The zero-order valence-electron chi connectivity index (χ0n) is 8.68. The molecule has 0 aliphatic heterocycles. The molecule has 1 aliphatic rings. The Hall–Kier alpha value is -0.340. The Morgan fingerprint density at radius 1 is 1.29 bits per heavy atom. The highest BCUT2D eigenvalue weighted by molar-refractivity contribution is 9.10. The maximum atomic E-state index is 6.20. The van der Waals surface area contributed by atoms with Crippen LogP contribution in [0.5, 0.6) is 0 Å². The van der Waals surface area contributed by atoms with Gasteiger partial charge >= 0.3 is 0 Å². The first-order valence-corrected chi connectivity index (χ1v) is 5.91. The lowest BCUT2D eigenvalue weighted by Gasteiger charge is -2.15. The third-order valence-electron chi connectivity index (χ3n) is 3.04. The van der Waals surface area contributed by atoms with Gasteiger partial charge in [-0.25, -0.2) is 0 Å². The van der Waals surface area contributed by atoms with Crippen molar-refractivity contribution in [3.8, 4) is 0 Å². The Bertz CT molecular complexity index is 356. The van der Waals surface area contributed by atoms with Crippen molar-refractivity contribution in [2.45, 2.75) is 32.7 Å². The van der Waals surface area contributed by atoms with Crippen molar-refractivity contribution in [2.24, 2.45) is 11.7 Å². The van der Waals surface area contributed by atoms with Crippen molar-refractivity contribution in [3.63, 3.8) is 0 Å². The van der Waals surface area contributed by atoms with Gasteiger partial charge in [-0.2, -0.15) is 0 Å². The predicted molar refractivity (Wildman–Crippen MR) is 63.3 cm³/mol. The second kappa shape index (κ2) is 3.67. The zero-order valence-corrected chi connectivity index (χ0v) is 10.3. The first-order chi connectivity index (χ1) is 6.59. The van der Waals surface area contributed by atoms with Crippen LogP contribution in [-0.2, 0) is 0 Å². The fourth-order valence-corrected chi connectivity index (χ4v) is 2.33. The summed E-state index contributed by atoms with van der Waals surface area (Å²) in [6.45, 7) is 4.26. The minimum atomic E-state index is 0.252. The van der Waals surface area contributed by atoms with Gasteiger partial charge in [-0.1, -0.05) is 22.0 Å². The Kier molecular flexibility index (Phi) is 2.67. The van der Waals surface area contributed by atoms with Crippen molar-refractivity contribution in [3.05, 3.63) is 33.3 Å². The van der Waals surface area contributed by atoms with Crippen LogP contribution in [0, 0.1) is 19.8 Å². The van der Waals surface area contributed by atoms with Crippen LogP contribution in [0.1, 0.15) is 35.6 Å². The lowest BCUT2D eigenvalue weighted by Crippen LogP contribution is -2.14. The van der Waals surface area contributed by atoms with Gasteiger partial charge in [0, 0.05) is 10.5 Å². The molecule has 1 unspecified atom stereocenters. The summed E-state index contributed by atoms with van der Waals surface area (Å²) >= 11 is 3.54. The molecule has 1 aromatic carbocycles. The fourth-order valence-electron chi connectivity index (χ4n) is 1.87. The average molecular weight is 254 g/mol. The smallest absolute Gasteiger partial charge is 0.0326 e. The van der Waals surface area contributed by atoms with E-state index < -0.39 is 0 Å². The number of nitrogens with two attached hydrogens (primary N) is 1. The van der Waals surface area contributed by atoms with E-state index in [1.807, 2.05) is 0 Å². The molecule has 0 aromatic heterocycles. The second-order valence-electron chi connectivity index (χ2n) is 4.32. The van der Waals surface area contributed by atoms with Gasteiger partial charge in [-0.05, 0) is 55.4 Å². The highest BCUT2D eigenvalue weighted by atomic mass is 79.9. The Balaban J connectivity index is 2.36. The Morgan fingerprint density at radius 3 is 2.50 bits per heavy atom. The normalized spacial score (nSPS) is 18.3. The van der Waals surface area contributed by atoms with Gasteiger partial charge in [0.05, 0.1) is 0 Å². The number of rotatable bonds is 2. The molecule has 0 radical (unpaired) electrons. The second-order valence-corrected chi connectivity index (χ2v) is 5.18. The van der Waals surface area contributed by atoms with Crippen molar-refractivity contribution in [1.29, 1.82) is 0 Å². The van der Waals surface area contributed by atoms with Crippen LogP contribution in [0.25, 0.3) is 0 Å². The summed E-state index contributed by atoms with van der Waals surface area (Å²) < 4.78 is 1.18. The van der Waals surface area contributed by atoms with Crippen LogP contribution in [-0.4, -0.2) is 0 Å². The average Bonchev–Trinajstić information content (AvgIpc) is 2.93. The van der Waals surface area contributed by atoms with Crippen LogP contribution in [0.3, 0.4) is 0 Å². The van der Waals surface area contributed by atoms with Crippen LogP contribution in [0.2, 0.25) is 0 Å². The van der Waals surface area contributed by atoms with Gasteiger partial charge in [0.2, 0.25) is 0 Å². The molecular weight excluding hydrogens is 238 g/mol. The number of halogens is 1. The molecule has 1 fully saturated rings. The molecule has 0 amide bonds. The van der Waals surface area contributed by atoms with Crippen molar-refractivity contribution < 1.29 is 0 Å². The van der Waals surface area contributed by atoms with Gasteiger partial charge in [0.1, 0.15) is 0 Å². The fraction of sp³-hybridized carbons (Fsp3) is 0.500. The number of hydrogen-bond acceptors (Lipinski definition) is 1. The summed E-state index contributed by atoms with van der Waals surface area (Å²) in [6.07, 6.45) is 2.60. The molecule has 0 heterocycles. The quantitative estimate of drug-likeness (QED) is 0.859. The molecule has 2 N–H and O–H groups in total. The molecule has 2 heteroatoms. The number of aryl methyl sites for hydroxylation is 2. The molecule has 2 rings (SSSR count). The highest BCUT2D eigenvalue weighted by Gasteiger charge is 2.30. The molecule has 76 valence electrons. The summed E-state index contributed by atoms with van der Waals surface area (Å²) in [5.74, 6) is 0.731. The van der Waals surface area contributed by atoms with Crippen LogP contribution in [0.4, 0.5) is 0 Å². The molecule has 1 nitrogen and oxygen atoms in total. The summed E-state index contributed by atoms with van der Waals surface area (Å²) in [5.41, 5.74) is 10.1. The maximum absolute atomic E-state index is 6.20. The van der Waals surface area contributed by atoms with Crippen LogP contribution >= 0.6 is 15.9 Å². The van der Waals surface area contributed by atoms with E-state index in [-0.39, 0.29) is 6.04 Å². The standard InChI is InChI=1S/C12H16BrN/c1-7-6-11(13)8(2)5-10(7)12(14)9-3-4-9/h5-6,9,12H,3-4,14H2,1-2H3. The van der Waals surface area contributed by atoms with Crippen LogP contribution < -0.4 is 5.73 Å². The van der Waals surface area contributed by atoms with E-state index in [9.17, 15) is 0 Å². The largest absolute Gasteiger partial charge is 0.324 e. The predicted octanol–water partition coefficient (Wildman–Crippen LogP) is 3.48. The van der Waals surface area contributed by atoms with E-state index >= 15 is 0 Å². The van der Waals surface area contributed by atoms with Gasteiger partial charge in [-0.15, -0.1) is 0 Å². The molecule has 1 aliphatic carbocycles. The summed E-state index contributed by atoms with van der Waals surface area (Å²) in [5, 5.41) is 0. The van der Waals surface area contributed by atoms with E-state index in [2.05, 4.69) is 41.9 Å². The van der Waals surface area contributed by atoms with Crippen molar-refractivity contribution >= 4 is 15.9 Å². The third-order valence-corrected chi connectivity index (χ3v) is 3.89. The Labute approximate surface area is 93.8 Å². The topological polar surface area (TPSA) is 26.0 Å². The molecule has 1 aromatic rings. The van der Waals surface area contributed by atoms with E-state index in [4.69, 9.17) is 5.73 Å². The number of hydrogen-bond donors (Lipinski definition) is 1. The molecule has 0 spiro atoms. The van der Waals surface area contributed by atoms with Crippen molar-refractivity contribution in [1.82, 2.24) is 0 Å². The minimum absolute atomic E-state index is 0.252. The van der Waals surface area contributed by atoms with Gasteiger partial charge in [-0.3, -0.25) is 0 Å². The minimum Gasteiger partial charge on any atom is -0.324 e. The van der Waals surface area contributed by atoms with Crippen LogP contribution in [0.15, 0.2) is 16.6 Å². The lowest BCUT2D eigenvalue weighted by molar-refractivity contribution is 0.629. The first-order valence-electron chi connectivity index (χ1n) is 5.12. The molecule has 0 bridgehead atoms. The van der Waals surface area contributed by atoms with E-state index in [1.54, 1.807) is 0 Å². The number of benzene rings is 1.